The third-order valence-corrected chi connectivity index (χ3v) is 7.80. The average molecular weight is 571 g/mol. The number of carbonyl (C=O) groups excluding carboxylic acids is 2. The summed E-state index contributed by atoms with van der Waals surface area (Å²) in [6.07, 6.45) is -0.276. The summed E-state index contributed by atoms with van der Waals surface area (Å²) in [5.74, 6) is -1.18. The van der Waals surface area contributed by atoms with E-state index >= 15 is 0 Å². The van der Waals surface area contributed by atoms with Crippen LogP contribution < -0.4 is 5.32 Å². The Balaban J connectivity index is 1.83. The van der Waals surface area contributed by atoms with Gasteiger partial charge in [-0.3, -0.25) is 14.3 Å². The summed E-state index contributed by atoms with van der Waals surface area (Å²) in [5, 5.41) is 15.8. The van der Waals surface area contributed by atoms with E-state index in [1.807, 2.05) is 19.0 Å². The Labute approximate surface area is 234 Å². The van der Waals surface area contributed by atoms with Crippen molar-refractivity contribution in [2.75, 3.05) is 34.2 Å². The molecule has 1 aliphatic rings. The van der Waals surface area contributed by atoms with Crippen molar-refractivity contribution in [3.8, 4) is 17.2 Å². The molecule has 0 saturated carbocycles. The predicted octanol–water partition coefficient (Wildman–Crippen LogP) is 4.40. The molecular weight excluding hydrogens is 541 g/mol. The first kappa shape index (κ1) is 29.0. The molecule has 2 aromatic heterocycles. The zero-order chi connectivity index (χ0) is 29.2. The van der Waals surface area contributed by atoms with Crippen molar-refractivity contribution in [1.29, 1.82) is 5.26 Å². The number of fused-ring (bicyclic) bond motifs is 1. The summed E-state index contributed by atoms with van der Waals surface area (Å²) in [6, 6.07) is 9.64. The number of halogens is 3. The van der Waals surface area contributed by atoms with Crippen LogP contribution in [0.2, 0.25) is 0 Å². The first-order valence-electron chi connectivity index (χ1n) is 12.5. The van der Waals surface area contributed by atoms with Gasteiger partial charge in [0.15, 0.2) is 5.69 Å². The lowest BCUT2D eigenvalue weighted by Crippen LogP contribution is -2.37. The fourth-order valence-corrected chi connectivity index (χ4v) is 5.78. The maximum atomic E-state index is 14.2. The van der Waals surface area contributed by atoms with Crippen molar-refractivity contribution in [3.63, 3.8) is 0 Å². The van der Waals surface area contributed by atoms with Gasteiger partial charge in [-0.05, 0) is 43.8 Å². The molecular formula is C28H29F3N6O2S. The maximum Gasteiger partial charge on any atom is 0.435 e. The third kappa shape index (κ3) is 5.95. The number of hydrogen-bond donors (Lipinski definition) is 1. The average Bonchev–Trinajstić information content (AvgIpc) is 3.56. The van der Waals surface area contributed by atoms with Crippen LogP contribution in [0.5, 0.6) is 0 Å². The van der Waals surface area contributed by atoms with Crippen LogP contribution in [0.15, 0.2) is 48.7 Å². The van der Waals surface area contributed by atoms with Crippen LogP contribution in [-0.4, -0.2) is 65.6 Å². The molecule has 0 saturated heterocycles. The highest BCUT2D eigenvalue weighted by Gasteiger charge is 2.40. The molecule has 3 heterocycles. The van der Waals surface area contributed by atoms with Crippen LogP contribution in [0, 0.1) is 11.3 Å². The lowest BCUT2D eigenvalue weighted by Gasteiger charge is -2.33. The number of nitrogens with zero attached hydrogens (tertiary/aromatic N) is 5. The molecule has 210 valence electrons. The van der Waals surface area contributed by atoms with E-state index in [9.17, 15) is 28.0 Å². The summed E-state index contributed by atoms with van der Waals surface area (Å²) in [7, 11) is 5.18. The number of aromatic nitrogens is 2. The van der Waals surface area contributed by atoms with Crippen LogP contribution in [0.25, 0.3) is 11.1 Å². The van der Waals surface area contributed by atoms with Gasteiger partial charge < -0.3 is 15.1 Å². The molecule has 0 radical (unpaired) electrons. The molecule has 3 aromatic rings. The van der Waals surface area contributed by atoms with E-state index in [0.29, 0.717) is 29.1 Å². The minimum atomic E-state index is -4.77. The summed E-state index contributed by atoms with van der Waals surface area (Å²) in [6.45, 7) is 2.58. The predicted molar refractivity (Wildman–Crippen MR) is 145 cm³/mol. The number of alkyl halides is 3. The highest BCUT2D eigenvalue weighted by atomic mass is 32.1. The summed E-state index contributed by atoms with van der Waals surface area (Å²) in [5.41, 5.74) is 0.413. The monoisotopic (exact) mass is 570 g/mol. The number of benzene rings is 1. The lowest BCUT2D eigenvalue weighted by atomic mass is 9.83. The Morgan fingerprint density at radius 3 is 2.65 bits per heavy atom. The number of thiophene rings is 1. The Kier molecular flexibility index (Phi) is 8.46. The second-order valence-electron chi connectivity index (χ2n) is 9.78. The molecule has 8 nitrogen and oxygen atoms in total. The van der Waals surface area contributed by atoms with Crippen molar-refractivity contribution in [1.82, 2.24) is 24.9 Å². The first-order chi connectivity index (χ1) is 18.9. The molecule has 12 heteroatoms. The van der Waals surface area contributed by atoms with Crippen molar-refractivity contribution in [3.05, 3.63) is 75.3 Å². The molecule has 2 atom stereocenters. The van der Waals surface area contributed by atoms with Gasteiger partial charge in [-0.2, -0.15) is 23.5 Å². The molecule has 1 N–H and O–H groups in total. The van der Waals surface area contributed by atoms with E-state index in [-0.39, 0.29) is 18.0 Å². The molecule has 4 rings (SSSR count). The number of hydrogen-bond acceptors (Lipinski definition) is 6. The molecule has 0 fully saturated rings. The molecule has 0 spiro atoms. The quantitative estimate of drug-likeness (QED) is 0.425. The van der Waals surface area contributed by atoms with E-state index < -0.39 is 29.7 Å². The number of carbonyl (C=O) groups is 2. The van der Waals surface area contributed by atoms with Gasteiger partial charge in [-0.15, -0.1) is 11.3 Å². The van der Waals surface area contributed by atoms with Gasteiger partial charge in [0.25, 0.3) is 0 Å². The molecule has 1 unspecified atom stereocenters. The minimum Gasteiger partial charge on any atom is -0.357 e. The number of nitriles is 1. The van der Waals surface area contributed by atoms with E-state index in [1.165, 1.54) is 37.6 Å². The normalized spacial score (nSPS) is 16.2. The molecule has 1 aromatic carbocycles. The van der Waals surface area contributed by atoms with Crippen molar-refractivity contribution >= 4 is 23.2 Å². The summed E-state index contributed by atoms with van der Waals surface area (Å²) >= 11 is 1.28. The van der Waals surface area contributed by atoms with E-state index in [4.69, 9.17) is 0 Å². The van der Waals surface area contributed by atoms with Crippen LogP contribution in [0.4, 0.5) is 13.2 Å². The smallest absolute Gasteiger partial charge is 0.357 e. The van der Waals surface area contributed by atoms with Crippen LogP contribution >= 0.6 is 11.3 Å². The van der Waals surface area contributed by atoms with Gasteiger partial charge in [0.05, 0.1) is 6.54 Å². The molecule has 2 amide bonds. The standard InChI is InChI=1S/C28H29F3N6O2S/c1-17(27(39)33-2)37-15-23(26(34-37)28(29,30)31)20-9-6-5-8-19(20)22-14-36(25(38)10-7-11-35(3)4)16-24-21(22)12-18(13-32)40-24/h5-10,12,15,17,22H,11,14,16H2,1-4H3,(H,33,39)/b10-7+/t17?,22-/m0/s1. The zero-order valence-electron chi connectivity index (χ0n) is 22.5. The topological polar surface area (TPSA) is 94.3 Å². The number of rotatable bonds is 7. The van der Waals surface area contributed by atoms with Gasteiger partial charge in [0, 0.05) is 48.8 Å². The van der Waals surface area contributed by atoms with Gasteiger partial charge in [0.2, 0.25) is 11.8 Å². The Hall–Kier alpha value is -3.95. The Bertz CT molecular complexity index is 1480. The van der Waals surface area contributed by atoms with Gasteiger partial charge >= 0.3 is 6.18 Å². The van der Waals surface area contributed by atoms with Crippen LogP contribution in [-0.2, 0) is 22.3 Å². The summed E-state index contributed by atoms with van der Waals surface area (Å²) in [4.78, 5) is 30.1. The maximum absolute atomic E-state index is 14.2. The van der Waals surface area contributed by atoms with Crippen molar-refractivity contribution < 1.29 is 22.8 Å². The highest BCUT2D eigenvalue weighted by Crippen LogP contribution is 2.44. The van der Waals surface area contributed by atoms with E-state index in [0.717, 1.165) is 15.1 Å². The van der Waals surface area contributed by atoms with Gasteiger partial charge in [0.1, 0.15) is 17.0 Å². The van der Waals surface area contributed by atoms with Gasteiger partial charge in [-0.25, -0.2) is 0 Å². The zero-order valence-corrected chi connectivity index (χ0v) is 23.3. The van der Waals surface area contributed by atoms with E-state index in [1.54, 1.807) is 41.3 Å². The lowest BCUT2D eigenvalue weighted by molar-refractivity contribution is -0.141. The Morgan fingerprint density at radius 2 is 2.00 bits per heavy atom. The van der Waals surface area contributed by atoms with Crippen LogP contribution in [0.1, 0.15) is 45.5 Å². The van der Waals surface area contributed by atoms with Crippen molar-refractivity contribution in [2.45, 2.75) is 31.6 Å². The Morgan fingerprint density at radius 1 is 1.27 bits per heavy atom. The fourth-order valence-electron chi connectivity index (χ4n) is 4.75. The minimum absolute atomic E-state index is 0.162. The third-order valence-electron chi connectivity index (χ3n) is 6.76. The summed E-state index contributed by atoms with van der Waals surface area (Å²) < 4.78 is 43.7. The van der Waals surface area contributed by atoms with Crippen LogP contribution in [0.3, 0.4) is 0 Å². The molecule has 1 aliphatic heterocycles. The van der Waals surface area contributed by atoms with Crippen molar-refractivity contribution in [2.24, 2.45) is 0 Å². The second kappa shape index (κ2) is 11.7. The largest absolute Gasteiger partial charge is 0.435 e. The van der Waals surface area contributed by atoms with Gasteiger partial charge in [-0.1, -0.05) is 30.3 Å². The SMILES string of the molecule is CNC(=O)C(C)n1cc(-c2ccccc2[C@@H]2CN(C(=O)/C=C/CN(C)C)Cc3sc(C#N)cc32)c(C(F)(F)F)n1. The fraction of sp³-hybridized carbons (Fsp3) is 0.357. The number of amides is 2. The molecule has 0 bridgehead atoms. The number of nitrogens with one attached hydrogen (secondary N) is 1. The molecule has 40 heavy (non-hydrogen) atoms. The van der Waals surface area contributed by atoms with E-state index in [2.05, 4.69) is 16.5 Å². The first-order valence-corrected chi connectivity index (χ1v) is 13.4. The number of likely N-dealkylation sites (N-methyl/N-ethyl adjacent to an activating group) is 2. The second-order valence-corrected chi connectivity index (χ2v) is 10.9. The highest BCUT2D eigenvalue weighted by molar-refractivity contribution is 7.12. The molecule has 0 aliphatic carbocycles.